The normalized spacial score (nSPS) is 17.1. The van der Waals surface area contributed by atoms with Crippen LogP contribution in [0, 0.1) is 0 Å². The second kappa shape index (κ2) is 11.1. The zero-order valence-corrected chi connectivity index (χ0v) is 20.9. The number of hydrogen-bond acceptors (Lipinski definition) is 4. The molecule has 0 spiro atoms. The van der Waals surface area contributed by atoms with Gasteiger partial charge >= 0.3 is 5.97 Å². The molecule has 186 valence electrons. The Balaban J connectivity index is 1.62. The maximum atomic E-state index is 13.7. The highest BCUT2D eigenvalue weighted by molar-refractivity contribution is 6.34. The van der Waals surface area contributed by atoms with E-state index in [2.05, 4.69) is 5.32 Å². The van der Waals surface area contributed by atoms with E-state index >= 15 is 0 Å². The molecule has 0 saturated heterocycles. The molecular formula is C27H24Cl2N2O5. The van der Waals surface area contributed by atoms with Crippen molar-refractivity contribution in [2.24, 2.45) is 0 Å². The molecule has 3 aromatic carbocycles. The van der Waals surface area contributed by atoms with Gasteiger partial charge in [0.25, 0.3) is 11.8 Å². The van der Waals surface area contributed by atoms with Crippen molar-refractivity contribution in [3.63, 3.8) is 0 Å². The first-order valence-corrected chi connectivity index (χ1v) is 12.1. The number of amides is 2. The molecule has 0 fully saturated rings. The van der Waals surface area contributed by atoms with Crippen molar-refractivity contribution in [1.82, 2.24) is 0 Å². The average Bonchev–Trinajstić information content (AvgIpc) is 3.00. The van der Waals surface area contributed by atoms with Crippen LogP contribution in [0.1, 0.15) is 51.5 Å². The third-order valence-corrected chi connectivity index (χ3v) is 6.72. The van der Waals surface area contributed by atoms with E-state index in [1.165, 1.54) is 7.11 Å². The number of fused-ring (bicyclic) bond motifs is 1. The molecular weight excluding hydrogens is 503 g/mol. The number of methoxy groups -OCH3 is 1. The fraction of sp³-hybridized carbons (Fsp3) is 0.222. The number of benzene rings is 3. The van der Waals surface area contributed by atoms with E-state index in [9.17, 15) is 19.5 Å². The summed E-state index contributed by atoms with van der Waals surface area (Å²) in [5.74, 6) is -1.91. The minimum Gasteiger partial charge on any atom is -0.481 e. The van der Waals surface area contributed by atoms with Gasteiger partial charge in [-0.05, 0) is 78.9 Å². The first-order chi connectivity index (χ1) is 17.3. The van der Waals surface area contributed by atoms with Gasteiger partial charge in [-0.1, -0.05) is 35.3 Å². The van der Waals surface area contributed by atoms with Crippen molar-refractivity contribution in [2.45, 2.75) is 31.4 Å². The van der Waals surface area contributed by atoms with Crippen LogP contribution in [0.15, 0.2) is 66.7 Å². The Hall–Kier alpha value is -3.39. The van der Waals surface area contributed by atoms with Crippen molar-refractivity contribution >= 4 is 52.4 Å². The maximum absolute atomic E-state index is 13.7. The van der Waals surface area contributed by atoms with Crippen LogP contribution in [0.3, 0.4) is 0 Å². The predicted molar refractivity (Wildman–Crippen MR) is 139 cm³/mol. The van der Waals surface area contributed by atoms with Crippen LogP contribution < -0.4 is 10.2 Å². The Bertz CT molecular complexity index is 1300. The summed E-state index contributed by atoms with van der Waals surface area (Å²) >= 11 is 12.3. The largest absolute Gasteiger partial charge is 0.481 e. The molecule has 0 bridgehead atoms. The molecule has 1 aliphatic heterocycles. The number of rotatable bonds is 6. The number of ether oxygens (including phenoxy) is 1. The second-order valence-corrected chi connectivity index (χ2v) is 9.30. The van der Waals surface area contributed by atoms with Crippen molar-refractivity contribution < 1.29 is 24.2 Å². The molecule has 0 aromatic heterocycles. The minimum absolute atomic E-state index is 0.0777. The Morgan fingerprint density at radius 3 is 2.42 bits per heavy atom. The summed E-state index contributed by atoms with van der Waals surface area (Å²) in [4.78, 5) is 39.3. The number of halogens is 2. The fourth-order valence-corrected chi connectivity index (χ4v) is 4.82. The molecule has 1 aliphatic rings. The first kappa shape index (κ1) is 25.7. The molecule has 36 heavy (non-hydrogen) atoms. The topological polar surface area (TPSA) is 95.9 Å². The third kappa shape index (κ3) is 5.54. The van der Waals surface area contributed by atoms with E-state index in [4.69, 9.17) is 27.9 Å². The van der Waals surface area contributed by atoms with Gasteiger partial charge in [-0.3, -0.25) is 19.3 Å². The summed E-state index contributed by atoms with van der Waals surface area (Å²) in [6, 6.07) is 18.3. The monoisotopic (exact) mass is 526 g/mol. The molecule has 2 amide bonds. The maximum Gasteiger partial charge on any atom is 0.303 e. The van der Waals surface area contributed by atoms with E-state index in [1.807, 2.05) is 0 Å². The van der Waals surface area contributed by atoms with Gasteiger partial charge in [-0.15, -0.1) is 0 Å². The summed E-state index contributed by atoms with van der Waals surface area (Å²) in [7, 11) is 1.52. The summed E-state index contributed by atoms with van der Waals surface area (Å²) in [5.41, 5.74) is 2.49. The molecule has 0 saturated carbocycles. The lowest BCUT2D eigenvalue weighted by Crippen LogP contribution is -2.41. The fourth-order valence-electron chi connectivity index (χ4n) is 4.42. The van der Waals surface area contributed by atoms with Gasteiger partial charge in [0.1, 0.15) is 6.23 Å². The SMILES string of the molecule is COC1CCC(CC(=O)O)c2cc(Cl)ccc2N1C(=O)c1ccc(NC(=O)c2ccccc2Cl)cc1. The lowest BCUT2D eigenvalue weighted by molar-refractivity contribution is -0.137. The van der Waals surface area contributed by atoms with Gasteiger partial charge in [-0.2, -0.15) is 0 Å². The molecule has 2 unspecified atom stereocenters. The number of hydrogen-bond donors (Lipinski definition) is 2. The molecule has 0 aliphatic carbocycles. The highest BCUT2D eigenvalue weighted by Crippen LogP contribution is 2.41. The van der Waals surface area contributed by atoms with Gasteiger partial charge in [0, 0.05) is 23.4 Å². The van der Waals surface area contributed by atoms with Crippen molar-refractivity contribution in [1.29, 1.82) is 0 Å². The predicted octanol–water partition coefficient (Wildman–Crippen LogP) is 6.22. The summed E-state index contributed by atoms with van der Waals surface area (Å²) in [5, 5.41) is 13.0. The number of carbonyl (C=O) groups is 3. The number of aliphatic carboxylic acids is 1. The third-order valence-electron chi connectivity index (χ3n) is 6.16. The minimum atomic E-state index is -0.922. The second-order valence-electron chi connectivity index (χ2n) is 8.45. The summed E-state index contributed by atoms with van der Waals surface area (Å²) in [6.07, 6.45) is 0.315. The number of carboxylic acid groups (broad SMARTS) is 1. The molecule has 2 atom stereocenters. The highest BCUT2D eigenvalue weighted by Gasteiger charge is 2.34. The van der Waals surface area contributed by atoms with Gasteiger partial charge < -0.3 is 15.2 Å². The van der Waals surface area contributed by atoms with Crippen LogP contribution in [0.2, 0.25) is 10.0 Å². The van der Waals surface area contributed by atoms with Gasteiger partial charge in [0.05, 0.1) is 22.7 Å². The molecule has 9 heteroatoms. The molecule has 0 radical (unpaired) electrons. The van der Waals surface area contributed by atoms with Gasteiger partial charge in [0.15, 0.2) is 0 Å². The van der Waals surface area contributed by atoms with Crippen molar-refractivity contribution in [2.75, 3.05) is 17.3 Å². The van der Waals surface area contributed by atoms with E-state index in [-0.39, 0.29) is 24.2 Å². The standard InChI is InChI=1S/C27H24Cl2N2O5/c1-36-24-13-8-17(14-25(32)33)21-15-18(28)9-12-23(21)31(24)27(35)16-6-10-19(11-7-16)30-26(34)20-4-2-3-5-22(20)29/h2-7,9-12,15,17,24H,8,13-14H2,1H3,(H,30,34)(H,32,33). The van der Waals surface area contributed by atoms with E-state index < -0.39 is 12.2 Å². The smallest absolute Gasteiger partial charge is 0.303 e. The number of nitrogens with one attached hydrogen (secondary N) is 1. The zero-order chi connectivity index (χ0) is 25.8. The number of carboxylic acids is 1. The number of carbonyl (C=O) groups excluding carboxylic acids is 2. The summed E-state index contributed by atoms with van der Waals surface area (Å²) < 4.78 is 5.66. The van der Waals surface area contributed by atoms with Crippen LogP contribution in [0.25, 0.3) is 0 Å². The molecule has 1 heterocycles. The van der Waals surface area contributed by atoms with Crippen LogP contribution in [-0.4, -0.2) is 36.2 Å². The first-order valence-electron chi connectivity index (χ1n) is 11.3. The zero-order valence-electron chi connectivity index (χ0n) is 19.4. The molecule has 3 aromatic rings. The quantitative estimate of drug-likeness (QED) is 0.397. The molecule has 4 rings (SSSR count). The van der Waals surface area contributed by atoms with Crippen molar-refractivity contribution in [3.8, 4) is 0 Å². The van der Waals surface area contributed by atoms with Crippen LogP contribution >= 0.6 is 23.2 Å². The lowest BCUT2D eigenvalue weighted by atomic mass is 9.91. The number of anilines is 2. The summed E-state index contributed by atoms with van der Waals surface area (Å²) in [6.45, 7) is 0. The van der Waals surface area contributed by atoms with Crippen LogP contribution in [0.4, 0.5) is 11.4 Å². The van der Waals surface area contributed by atoms with Crippen molar-refractivity contribution in [3.05, 3.63) is 93.5 Å². The van der Waals surface area contributed by atoms with E-state index in [0.29, 0.717) is 51.0 Å². The highest BCUT2D eigenvalue weighted by atomic mass is 35.5. The van der Waals surface area contributed by atoms with E-state index in [0.717, 1.165) is 0 Å². The van der Waals surface area contributed by atoms with Crippen LogP contribution in [-0.2, 0) is 9.53 Å². The lowest BCUT2D eigenvalue weighted by Gasteiger charge is -2.30. The average molecular weight is 527 g/mol. The van der Waals surface area contributed by atoms with E-state index in [1.54, 1.807) is 71.6 Å². The Morgan fingerprint density at radius 1 is 1.03 bits per heavy atom. The molecule has 2 N–H and O–H groups in total. The van der Waals surface area contributed by atoms with Gasteiger partial charge in [-0.25, -0.2) is 0 Å². The Kier molecular flexibility index (Phi) is 7.94. The Morgan fingerprint density at radius 2 is 1.75 bits per heavy atom. The Labute approximate surface area is 218 Å². The molecule has 7 nitrogen and oxygen atoms in total. The van der Waals surface area contributed by atoms with Crippen LogP contribution in [0.5, 0.6) is 0 Å². The van der Waals surface area contributed by atoms with Gasteiger partial charge in [0.2, 0.25) is 0 Å². The number of nitrogens with zero attached hydrogens (tertiary/aromatic N) is 1.